The molecule has 0 aliphatic carbocycles. The highest BCUT2D eigenvalue weighted by molar-refractivity contribution is 5.91. The zero-order chi connectivity index (χ0) is 28.2. The van der Waals surface area contributed by atoms with Gasteiger partial charge >= 0.3 is 6.11 Å². The van der Waals surface area contributed by atoms with Gasteiger partial charge in [0.25, 0.3) is 11.8 Å². The topological polar surface area (TPSA) is 112 Å². The summed E-state index contributed by atoms with van der Waals surface area (Å²) in [5.41, 5.74) is 3.31. The van der Waals surface area contributed by atoms with Crippen LogP contribution in [0.3, 0.4) is 0 Å². The van der Waals surface area contributed by atoms with Crippen molar-refractivity contribution in [3.8, 4) is 17.0 Å². The minimum absolute atomic E-state index is 0.0250. The Morgan fingerprint density at radius 3 is 2.59 bits per heavy atom. The molecule has 4 rings (SSSR count). The standard InChI is InChI=1S/C29H31F2N3O5/c1-18-7-5-8-20(15-18)23-10-6-14-34(23)28(38)26(36)25(35)27(37)33-17-19-12-13-22(32-16-19)21-9-3-4-11-24(21)39-29(2,30)31/h3-5,7-9,11-13,15-16,23,25-26,35-36H,6,10,14,17H2,1-2H3,(H,33,37)/t23?,25-,26-/m1/s1. The van der Waals surface area contributed by atoms with Crippen LogP contribution in [0.25, 0.3) is 11.3 Å². The molecular weight excluding hydrogens is 508 g/mol. The van der Waals surface area contributed by atoms with Crippen molar-refractivity contribution in [3.05, 3.63) is 83.6 Å². The summed E-state index contributed by atoms with van der Waals surface area (Å²) in [4.78, 5) is 31.3. The van der Waals surface area contributed by atoms with E-state index in [1.165, 1.54) is 17.2 Å². The summed E-state index contributed by atoms with van der Waals surface area (Å²) in [6.07, 6.45) is -4.30. The Morgan fingerprint density at radius 2 is 1.90 bits per heavy atom. The maximum atomic E-state index is 13.4. The lowest BCUT2D eigenvalue weighted by molar-refractivity contribution is -0.158. The summed E-state index contributed by atoms with van der Waals surface area (Å²) in [6, 6.07) is 17.0. The second-order valence-corrected chi connectivity index (χ2v) is 9.67. The minimum atomic E-state index is -3.36. The van der Waals surface area contributed by atoms with Crippen LogP contribution in [0.4, 0.5) is 8.78 Å². The zero-order valence-electron chi connectivity index (χ0n) is 21.7. The smallest absolute Gasteiger partial charge is 0.394 e. The van der Waals surface area contributed by atoms with Gasteiger partial charge in [-0.15, -0.1) is 0 Å². The number of nitrogens with zero attached hydrogens (tertiary/aromatic N) is 2. The predicted octanol–water partition coefficient (Wildman–Crippen LogP) is 3.75. The van der Waals surface area contributed by atoms with Crippen LogP contribution >= 0.6 is 0 Å². The van der Waals surface area contributed by atoms with Crippen molar-refractivity contribution in [3.63, 3.8) is 0 Å². The van der Waals surface area contributed by atoms with Crippen LogP contribution in [-0.2, 0) is 16.1 Å². The number of halogens is 2. The zero-order valence-corrected chi connectivity index (χ0v) is 21.7. The van der Waals surface area contributed by atoms with Crippen LogP contribution in [0.1, 0.15) is 42.5 Å². The molecule has 1 aromatic heterocycles. The minimum Gasteiger partial charge on any atom is -0.432 e. The van der Waals surface area contributed by atoms with Gasteiger partial charge in [-0.3, -0.25) is 14.6 Å². The fraction of sp³-hybridized carbons (Fsp3) is 0.345. The summed E-state index contributed by atoms with van der Waals surface area (Å²) < 4.78 is 31.5. The molecule has 3 N–H and O–H groups in total. The molecule has 3 aromatic rings. The number of rotatable bonds is 9. The van der Waals surface area contributed by atoms with E-state index in [1.807, 2.05) is 31.2 Å². The molecule has 0 bridgehead atoms. The number of benzene rings is 2. The van der Waals surface area contributed by atoms with Gasteiger partial charge in [0.1, 0.15) is 5.75 Å². The third kappa shape index (κ3) is 6.96. The Labute approximate surface area is 225 Å². The molecule has 1 unspecified atom stereocenters. The number of aliphatic hydroxyl groups is 2. The number of alkyl halides is 2. The normalized spacial score (nSPS) is 17.0. The molecule has 10 heteroatoms. The van der Waals surface area contributed by atoms with E-state index in [-0.39, 0.29) is 18.3 Å². The van der Waals surface area contributed by atoms with Crippen molar-refractivity contribution in [2.45, 2.75) is 57.6 Å². The molecule has 39 heavy (non-hydrogen) atoms. The molecule has 0 radical (unpaired) electrons. The number of carbonyl (C=O) groups excluding carboxylic acids is 2. The molecule has 1 aliphatic heterocycles. The largest absolute Gasteiger partial charge is 0.432 e. The van der Waals surface area contributed by atoms with Gasteiger partial charge in [-0.05, 0) is 49.1 Å². The highest BCUT2D eigenvalue weighted by atomic mass is 19.3. The maximum Gasteiger partial charge on any atom is 0.394 e. The Bertz CT molecular complexity index is 1310. The van der Waals surface area contributed by atoms with Gasteiger partial charge in [0.2, 0.25) is 0 Å². The van der Waals surface area contributed by atoms with Gasteiger partial charge in [0.15, 0.2) is 12.2 Å². The number of aromatic nitrogens is 1. The van der Waals surface area contributed by atoms with E-state index < -0.39 is 30.1 Å². The Balaban J connectivity index is 1.36. The SMILES string of the molecule is Cc1cccc(C2CCCN2C(=O)[C@H](O)[C@@H](O)C(=O)NCc2ccc(-c3ccccc3OC(C)(F)F)nc2)c1. The lowest BCUT2D eigenvalue weighted by Gasteiger charge is -2.28. The van der Waals surface area contributed by atoms with Crippen molar-refractivity contribution in [1.29, 1.82) is 0 Å². The van der Waals surface area contributed by atoms with Crippen molar-refractivity contribution in [2.75, 3.05) is 6.54 Å². The molecule has 1 fully saturated rings. The number of pyridine rings is 1. The van der Waals surface area contributed by atoms with Crippen molar-refractivity contribution in [2.24, 2.45) is 0 Å². The molecular formula is C29H31F2N3O5. The number of aryl methyl sites for hydroxylation is 1. The lowest BCUT2D eigenvalue weighted by Crippen LogP contribution is -2.50. The van der Waals surface area contributed by atoms with Gasteiger partial charge < -0.3 is 25.2 Å². The van der Waals surface area contributed by atoms with Crippen LogP contribution in [0.2, 0.25) is 0 Å². The summed E-state index contributed by atoms with van der Waals surface area (Å²) >= 11 is 0. The van der Waals surface area contributed by atoms with Crippen LogP contribution in [-0.4, -0.2) is 56.8 Å². The molecule has 8 nitrogen and oxygen atoms in total. The maximum absolute atomic E-state index is 13.4. The summed E-state index contributed by atoms with van der Waals surface area (Å²) in [5, 5.41) is 23.4. The first-order valence-electron chi connectivity index (χ1n) is 12.7. The first-order valence-corrected chi connectivity index (χ1v) is 12.7. The average Bonchev–Trinajstić information content (AvgIpc) is 3.40. The van der Waals surface area contributed by atoms with E-state index in [4.69, 9.17) is 4.74 Å². The third-order valence-electron chi connectivity index (χ3n) is 6.53. The number of hydrogen-bond donors (Lipinski definition) is 3. The number of hydrogen-bond acceptors (Lipinski definition) is 6. The third-order valence-corrected chi connectivity index (χ3v) is 6.53. The Hall–Kier alpha value is -3.89. The van der Waals surface area contributed by atoms with Crippen molar-refractivity contribution in [1.82, 2.24) is 15.2 Å². The summed E-state index contributed by atoms with van der Waals surface area (Å²) in [6.45, 7) is 2.99. The van der Waals surface area contributed by atoms with E-state index in [0.717, 1.165) is 24.0 Å². The molecule has 2 heterocycles. The van der Waals surface area contributed by atoms with Gasteiger partial charge in [-0.1, -0.05) is 48.0 Å². The molecule has 0 saturated carbocycles. The van der Waals surface area contributed by atoms with E-state index in [0.29, 0.717) is 30.3 Å². The summed E-state index contributed by atoms with van der Waals surface area (Å²) in [5.74, 6) is -1.63. The Morgan fingerprint density at radius 1 is 1.13 bits per heavy atom. The number of amides is 2. The quantitative estimate of drug-likeness (QED) is 0.382. The van der Waals surface area contributed by atoms with Gasteiger partial charge in [0.05, 0.1) is 11.7 Å². The van der Waals surface area contributed by atoms with E-state index in [2.05, 4.69) is 10.3 Å². The first-order chi connectivity index (χ1) is 18.5. The summed E-state index contributed by atoms with van der Waals surface area (Å²) in [7, 11) is 0. The van der Waals surface area contributed by atoms with Gasteiger partial charge in [-0.2, -0.15) is 8.78 Å². The fourth-order valence-electron chi connectivity index (χ4n) is 4.65. The number of likely N-dealkylation sites (tertiary alicyclic amines) is 1. The molecule has 2 aromatic carbocycles. The second kappa shape index (κ2) is 11.9. The highest BCUT2D eigenvalue weighted by Crippen LogP contribution is 2.33. The molecule has 0 spiro atoms. The molecule has 1 saturated heterocycles. The number of para-hydroxylation sites is 1. The molecule has 3 atom stereocenters. The number of carbonyl (C=O) groups is 2. The van der Waals surface area contributed by atoms with Gasteiger partial charge in [0, 0.05) is 31.8 Å². The van der Waals surface area contributed by atoms with Crippen LogP contribution in [0, 0.1) is 6.92 Å². The number of nitrogens with one attached hydrogen (secondary N) is 1. The van der Waals surface area contributed by atoms with E-state index >= 15 is 0 Å². The fourth-order valence-corrected chi connectivity index (χ4v) is 4.65. The second-order valence-electron chi connectivity index (χ2n) is 9.67. The first kappa shape index (κ1) is 28.1. The van der Waals surface area contributed by atoms with Crippen LogP contribution in [0.5, 0.6) is 5.75 Å². The monoisotopic (exact) mass is 539 g/mol. The number of ether oxygens (including phenoxy) is 1. The molecule has 206 valence electrons. The van der Waals surface area contributed by atoms with E-state index in [9.17, 15) is 28.6 Å². The molecule has 1 aliphatic rings. The highest BCUT2D eigenvalue weighted by Gasteiger charge is 2.38. The van der Waals surface area contributed by atoms with Gasteiger partial charge in [-0.25, -0.2) is 0 Å². The number of aliphatic hydroxyl groups excluding tert-OH is 2. The Kier molecular flexibility index (Phi) is 8.57. The molecule has 2 amide bonds. The average molecular weight is 540 g/mol. The van der Waals surface area contributed by atoms with Crippen LogP contribution in [0.15, 0.2) is 66.9 Å². The van der Waals surface area contributed by atoms with Crippen LogP contribution < -0.4 is 10.1 Å². The lowest BCUT2D eigenvalue weighted by atomic mass is 10.0. The van der Waals surface area contributed by atoms with Crippen molar-refractivity contribution >= 4 is 11.8 Å². The van der Waals surface area contributed by atoms with E-state index in [1.54, 1.807) is 30.3 Å². The predicted molar refractivity (Wildman–Crippen MR) is 140 cm³/mol. The van der Waals surface area contributed by atoms with Crippen molar-refractivity contribution < 1.29 is 33.3 Å².